The summed E-state index contributed by atoms with van der Waals surface area (Å²) in [6.07, 6.45) is 5.10. The largest absolute Gasteiger partial charge is 0.386 e. The summed E-state index contributed by atoms with van der Waals surface area (Å²) >= 11 is 6.02. The first-order valence-corrected chi connectivity index (χ1v) is 8.73. The fourth-order valence-electron chi connectivity index (χ4n) is 2.52. The number of aromatic amines is 1. The summed E-state index contributed by atoms with van der Waals surface area (Å²) in [5, 5.41) is 15.4. The maximum Gasteiger partial charge on any atom is 0.255 e. The fraction of sp³-hybridized carbons (Fsp3) is 0.316. The number of allylic oxidation sites excluding steroid dienone is 1. The lowest BCUT2D eigenvalue weighted by molar-refractivity contribution is 0.480. The molecule has 1 aromatic carbocycles. The van der Waals surface area contributed by atoms with Crippen molar-refractivity contribution in [3.63, 3.8) is 0 Å². The maximum absolute atomic E-state index is 11.4. The molecule has 3 rings (SSSR count). The predicted molar refractivity (Wildman–Crippen MR) is 105 cm³/mol. The van der Waals surface area contributed by atoms with Crippen molar-refractivity contribution in [3.05, 3.63) is 63.3 Å². The highest BCUT2D eigenvalue weighted by Crippen LogP contribution is 2.25. The Hall–Kier alpha value is -2.78. The Balaban J connectivity index is 0.000000254. The second-order valence-corrected chi connectivity index (χ2v) is 6.59. The van der Waals surface area contributed by atoms with Crippen LogP contribution in [0.1, 0.15) is 37.3 Å². The van der Waals surface area contributed by atoms with E-state index in [-0.39, 0.29) is 5.56 Å². The molecular formula is C19H22ClN5O. The predicted octanol–water partition coefficient (Wildman–Crippen LogP) is 4.01. The van der Waals surface area contributed by atoms with E-state index in [1.807, 2.05) is 6.07 Å². The smallest absolute Gasteiger partial charge is 0.255 e. The van der Waals surface area contributed by atoms with Crippen molar-refractivity contribution < 1.29 is 0 Å². The van der Waals surface area contributed by atoms with Gasteiger partial charge in [-0.3, -0.25) is 4.79 Å². The number of aromatic nitrogens is 2. The van der Waals surface area contributed by atoms with E-state index < -0.39 is 0 Å². The third-order valence-electron chi connectivity index (χ3n) is 4.00. The molecule has 3 N–H and O–H groups in total. The van der Waals surface area contributed by atoms with Gasteiger partial charge in [0.25, 0.3) is 5.56 Å². The number of benzene rings is 1. The number of nitriles is 1. The molecule has 0 saturated carbocycles. The molecule has 0 radical (unpaired) electrons. The Bertz CT molecular complexity index is 884. The van der Waals surface area contributed by atoms with Crippen molar-refractivity contribution in [1.29, 1.82) is 5.26 Å². The normalized spacial score (nSPS) is 15.9. The summed E-state index contributed by atoms with van der Waals surface area (Å²) in [4.78, 5) is 17.9. The van der Waals surface area contributed by atoms with E-state index in [2.05, 4.69) is 34.1 Å². The van der Waals surface area contributed by atoms with E-state index >= 15 is 0 Å². The van der Waals surface area contributed by atoms with Crippen molar-refractivity contribution in [2.45, 2.75) is 39.2 Å². The van der Waals surface area contributed by atoms with E-state index in [1.54, 1.807) is 25.1 Å². The first-order valence-electron chi connectivity index (χ1n) is 8.36. The minimum atomic E-state index is -0.211. The molecule has 26 heavy (non-hydrogen) atoms. The summed E-state index contributed by atoms with van der Waals surface area (Å²) in [5.74, 6) is 0.436. The summed E-state index contributed by atoms with van der Waals surface area (Å²) in [7, 11) is 0. The van der Waals surface area contributed by atoms with Crippen molar-refractivity contribution in [3.8, 4) is 6.07 Å². The van der Waals surface area contributed by atoms with E-state index in [1.165, 1.54) is 31.3 Å². The standard InChI is InChI=1S/C12H9ClN4O.C7H13N/c1-7-11(15-6-16-12(7)18)17-10-3-2-8(5-14)4-9(10)13;1-6-4-3-5-7(2)8-6/h2-4,6H,1H3,(H2,15,16,17,18);7-8H,1,3-5H2,2H3. The van der Waals surface area contributed by atoms with Crippen molar-refractivity contribution in [2.24, 2.45) is 0 Å². The number of rotatable bonds is 2. The number of halogens is 1. The molecule has 1 atom stereocenters. The zero-order chi connectivity index (χ0) is 19.1. The summed E-state index contributed by atoms with van der Waals surface area (Å²) < 4.78 is 0. The molecule has 0 aliphatic carbocycles. The molecule has 2 aromatic rings. The SMILES string of the molecule is C=C1CCCC(C)N1.Cc1c(Nc2ccc(C#N)cc2Cl)nc[nH]c1=O. The second kappa shape index (κ2) is 9.07. The lowest BCUT2D eigenvalue weighted by Crippen LogP contribution is -2.28. The van der Waals surface area contributed by atoms with Gasteiger partial charge in [0, 0.05) is 11.7 Å². The van der Waals surface area contributed by atoms with Gasteiger partial charge < -0.3 is 15.6 Å². The molecule has 1 unspecified atom stereocenters. The number of piperidine rings is 1. The third-order valence-corrected chi connectivity index (χ3v) is 4.32. The Morgan fingerprint density at radius 3 is 2.81 bits per heavy atom. The molecule has 2 heterocycles. The van der Waals surface area contributed by atoms with Crippen LogP contribution in [0.5, 0.6) is 0 Å². The van der Waals surface area contributed by atoms with E-state index in [0.29, 0.717) is 33.7 Å². The topological polar surface area (TPSA) is 93.6 Å². The summed E-state index contributed by atoms with van der Waals surface area (Å²) in [6, 6.07) is 7.51. The number of nitrogens with zero attached hydrogens (tertiary/aromatic N) is 2. The number of hydrogen-bond donors (Lipinski definition) is 3. The Kier molecular flexibility index (Phi) is 6.81. The van der Waals surface area contributed by atoms with Crippen LogP contribution in [0.2, 0.25) is 5.02 Å². The lowest BCUT2D eigenvalue weighted by Gasteiger charge is -2.22. The number of H-pyrrole nitrogens is 1. The molecule has 0 amide bonds. The van der Waals surface area contributed by atoms with E-state index in [9.17, 15) is 4.79 Å². The van der Waals surface area contributed by atoms with Crippen molar-refractivity contribution in [2.75, 3.05) is 5.32 Å². The average Bonchev–Trinajstić information content (AvgIpc) is 2.61. The quantitative estimate of drug-likeness (QED) is 0.741. The molecule has 0 bridgehead atoms. The Morgan fingerprint density at radius 1 is 1.46 bits per heavy atom. The molecule has 6 nitrogen and oxygen atoms in total. The van der Waals surface area contributed by atoms with E-state index in [0.717, 1.165) is 0 Å². The highest BCUT2D eigenvalue weighted by Gasteiger charge is 2.08. The number of anilines is 2. The van der Waals surface area contributed by atoms with Crippen LogP contribution in [0.3, 0.4) is 0 Å². The lowest BCUT2D eigenvalue weighted by atomic mass is 10.0. The van der Waals surface area contributed by atoms with Crippen LogP contribution in [0, 0.1) is 18.3 Å². The van der Waals surface area contributed by atoms with Gasteiger partial charge in [-0.1, -0.05) is 18.2 Å². The van der Waals surface area contributed by atoms with Gasteiger partial charge in [-0.2, -0.15) is 5.26 Å². The van der Waals surface area contributed by atoms with Gasteiger partial charge in [-0.05, 0) is 51.3 Å². The van der Waals surface area contributed by atoms with Gasteiger partial charge in [0.1, 0.15) is 5.82 Å². The zero-order valence-electron chi connectivity index (χ0n) is 14.9. The third kappa shape index (κ3) is 5.36. The Labute approximate surface area is 157 Å². The molecule has 0 spiro atoms. The van der Waals surface area contributed by atoms with Crippen LogP contribution in [-0.4, -0.2) is 16.0 Å². The second-order valence-electron chi connectivity index (χ2n) is 6.18. The Morgan fingerprint density at radius 2 is 2.23 bits per heavy atom. The summed E-state index contributed by atoms with van der Waals surface area (Å²) in [6.45, 7) is 7.71. The van der Waals surface area contributed by atoms with Crippen LogP contribution in [-0.2, 0) is 0 Å². The first-order chi connectivity index (χ1) is 12.4. The maximum atomic E-state index is 11.4. The minimum Gasteiger partial charge on any atom is -0.386 e. The van der Waals surface area contributed by atoms with Gasteiger partial charge in [-0.15, -0.1) is 0 Å². The fourth-order valence-corrected chi connectivity index (χ4v) is 2.75. The highest BCUT2D eigenvalue weighted by molar-refractivity contribution is 6.33. The van der Waals surface area contributed by atoms with E-state index in [4.69, 9.17) is 16.9 Å². The van der Waals surface area contributed by atoms with Crippen LogP contribution in [0.4, 0.5) is 11.5 Å². The average molecular weight is 372 g/mol. The minimum absolute atomic E-state index is 0.211. The van der Waals surface area contributed by atoms with Gasteiger partial charge in [0.05, 0.1) is 34.2 Å². The highest BCUT2D eigenvalue weighted by atomic mass is 35.5. The molecule has 1 fully saturated rings. The molecule has 136 valence electrons. The van der Waals surface area contributed by atoms with Crippen molar-refractivity contribution >= 4 is 23.1 Å². The first kappa shape index (κ1) is 19.5. The van der Waals surface area contributed by atoms with Crippen LogP contribution >= 0.6 is 11.6 Å². The van der Waals surface area contributed by atoms with Gasteiger partial charge >= 0.3 is 0 Å². The molecule has 1 saturated heterocycles. The number of nitrogens with one attached hydrogen (secondary N) is 3. The molecule has 1 aromatic heterocycles. The molecular weight excluding hydrogens is 350 g/mol. The zero-order valence-corrected chi connectivity index (χ0v) is 15.7. The van der Waals surface area contributed by atoms with Crippen LogP contribution in [0.15, 0.2) is 41.6 Å². The molecule has 1 aliphatic rings. The van der Waals surface area contributed by atoms with Gasteiger partial charge in [0.2, 0.25) is 0 Å². The van der Waals surface area contributed by atoms with Gasteiger partial charge in [-0.25, -0.2) is 4.98 Å². The number of hydrogen-bond acceptors (Lipinski definition) is 5. The van der Waals surface area contributed by atoms with Gasteiger partial charge in [0.15, 0.2) is 0 Å². The molecule has 1 aliphatic heterocycles. The van der Waals surface area contributed by atoms with Crippen LogP contribution in [0.25, 0.3) is 0 Å². The van der Waals surface area contributed by atoms with Crippen LogP contribution < -0.4 is 16.2 Å². The monoisotopic (exact) mass is 371 g/mol. The van der Waals surface area contributed by atoms with Crippen molar-refractivity contribution in [1.82, 2.24) is 15.3 Å². The molecule has 7 heteroatoms. The summed E-state index contributed by atoms with van der Waals surface area (Å²) in [5.41, 5.74) is 2.54.